The van der Waals surface area contributed by atoms with Crippen molar-refractivity contribution in [3.05, 3.63) is 112 Å². The number of phenols is 3. The Morgan fingerprint density at radius 2 is 1.54 bits per heavy atom. The summed E-state index contributed by atoms with van der Waals surface area (Å²) in [6.07, 6.45) is 1.99. The van der Waals surface area contributed by atoms with E-state index in [-0.39, 0.29) is 51.3 Å². The van der Waals surface area contributed by atoms with Gasteiger partial charge in [0.05, 0.1) is 7.11 Å². The molecule has 1 aliphatic carbocycles. The Balaban J connectivity index is 1.28. The summed E-state index contributed by atoms with van der Waals surface area (Å²) in [5.41, 5.74) is 0.631. The lowest BCUT2D eigenvalue weighted by Crippen LogP contribution is -2.37. The van der Waals surface area contributed by atoms with E-state index in [1.165, 1.54) is 37.5 Å². The normalized spacial score (nSPS) is 18.3. The number of ketones is 1. The van der Waals surface area contributed by atoms with E-state index in [0.717, 1.165) is 6.07 Å². The Morgan fingerprint density at radius 3 is 2.24 bits per heavy atom. The molecule has 6 rings (SSSR count). The Labute approximate surface area is 231 Å². The number of carbonyl (C=O) groups excluding carboxylic acids is 1. The van der Waals surface area contributed by atoms with Crippen LogP contribution in [0.3, 0.4) is 0 Å². The van der Waals surface area contributed by atoms with E-state index in [9.17, 15) is 30.0 Å². The van der Waals surface area contributed by atoms with Crippen LogP contribution in [-0.4, -0.2) is 39.4 Å². The van der Waals surface area contributed by atoms with E-state index in [1.807, 2.05) is 0 Å². The average molecular weight is 555 g/mol. The number of methoxy groups -OCH3 is 1. The first-order valence-electron chi connectivity index (χ1n) is 12.4. The number of aromatic hydroxyl groups is 3. The second-order valence-corrected chi connectivity index (χ2v) is 9.41. The highest BCUT2D eigenvalue weighted by atomic mass is 16.5. The maximum absolute atomic E-state index is 13.1. The van der Waals surface area contributed by atoms with Gasteiger partial charge in [-0.3, -0.25) is 9.59 Å². The molecular formula is C31H22O10. The number of ether oxygens (including phenoxy) is 3. The maximum atomic E-state index is 13.1. The Bertz CT molecular complexity index is 1840. The van der Waals surface area contributed by atoms with Gasteiger partial charge in [-0.1, -0.05) is 0 Å². The van der Waals surface area contributed by atoms with Crippen molar-refractivity contribution in [1.29, 1.82) is 0 Å². The minimum absolute atomic E-state index is 0.0222. The lowest BCUT2D eigenvalue weighted by Gasteiger charge is -2.33. The molecule has 2 heterocycles. The minimum Gasteiger partial charge on any atom is -0.508 e. The number of carbonyl (C=O) groups is 1. The zero-order valence-corrected chi connectivity index (χ0v) is 21.4. The zero-order chi connectivity index (χ0) is 28.8. The zero-order valence-electron chi connectivity index (χ0n) is 21.4. The van der Waals surface area contributed by atoms with Crippen LogP contribution in [0.1, 0.15) is 5.56 Å². The molecule has 0 fully saturated rings. The topological polar surface area (TPSA) is 156 Å². The van der Waals surface area contributed by atoms with Crippen molar-refractivity contribution >= 4 is 22.5 Å². The Kier molecular flexibility index (Phi) is 6.15. The maximum Gasteiger partial charge on any atom is 0.207 e. The van der Waals surface area contributed by atoms with E-state index in [1.54, 1.807) is 42.5 Å². The van der Waals surface area contributed by atoms with Crippen LogP contribution in [0.25, 0.3) is 28.1 Å². The largest absolute Gasteiger partial charge is 0.508 e. The Hall–Kier alpha value is -5.64. The highest BCUT2D eigenvalue weighted by Crippen LogP contribution is 2.39. The second kappa shape index (κ2) is 9.83. The van der Waals surface area contributed by atoms with Gasteiger partial charge in [0.25, 0.3) is 0 Å². The van der Waals surface area contributed by atoms with Crippen LogP contribution in [-0.2, 0) is 14.3 Å². The van der Waals surface area contributed by atoms with Crippen molar-refractivity contribution in [1.82, 2.24) is 0 Å². The van der Waals surface area contributed by atoms with Crippen LogP contribution in [0.4, 0.5) is 0 Å². The number of hydrogen-bond donors (Lipinski definition) is 4. The number of hydrogen-bond acceptors (Lipinski definition) is 10. The first-order valence-corrected chi connectivity index (χ1v) is 12.4. The fraction of sp³-hybridized carbons (Fsp3) is 0.0968. The molecule has 41 heavy (non-hydrogen) atoms. The summed E-state index contributed by atoms with van der Waals surface area (Å²) in [7, 11) is 1.39. The molecule has 206 valence electrons. The molecule has 3 aromatic carbocycles. The van der Waals surface area contributed by atoms with E-state index < -0.39 is 23.2 Å². The van der Waals surface area contributed by atoms with Gasteiger partial charge in [0.15, 0.2) is 22.7 Å². The molecule has 0 saturated carbocycles. The van der Waals surface area contributed by atoms with Crippen molar-refractivity contribution in [3.8, 4) is 34.3 Å². The lowest BCUT2D eigenvalue weighted by molar-refractivity contribution is -0.121. The summed E-state index contributed by atoms with van der Waals surface area (Å²) in [6, 6.07) is 16.1. The molecule has 0 saturated heterocycles. The van der Waals surface area contributed by atoms with Crippen molar-refractivity contribution in [2.75, 3.05) is 7.11 Å². The molecule has 10 nitrogen and oxygen atoms in total. The molecule has 2 unspecified atom stereocenters. The molecule has 10 heteroatoms. The third kappa shape index (κ3) is 4.61. The first-order chi connectivity index (χ1) is 19.7. The van der Waals surface area contributed by atoms with Crippen LogP contribution in [0.2, 0.25) is 0 Å². The number of rotatable bonds is 5. The summed E-state index contributed by atoms with van der Waals surface area (Å²) in [5.74, 6) is -1.48. The predicted molar refractivity (Wildman–Crippen MR) is 146 cm³/mol. The van der Waals surface area contributed by atoms with Crippen molar-refractivity contribution < 1.29 is 43.8 Å². The van der Waals surface area contributed by atoms with Crippen LogP contribution < -0.4 is 10.2 Å². The second-order valence-electron chi connectivity index (χ2n) is 9.41. The third-order valence-corrected chi connectivity index (χ3v) is 6.76. The summed E-state index contributed by atoms with van der Waals surface area (Å²) in [4.78, 5) is 25.6. The number of allylic oxidation sites excluding steroid dienone is 1. The minimum atomic E-state index is -1.05. The molecule has 2 atom stereocenters. The number of aliphatic hydroxyl groups excluding tert-OH is 1. The quantitative estimate of drug-likeness (QED) is 0.268. The van der Waals surface area contributed by atoms with Crippen LogP contribution >= 0.6 is 0 Å². The van der Waals surface area contributed by atoms with E-state index in [2.05, 4.69) is 0 Å². The fourth-order valence-corrected chi connectivity index (χ4v) is 4.78. The molecule has 1 aliphatic heterocycles. The van der Waals surface area contributed by atoms with Crippen molar-refractivity contribution in [2.24, 2.45) is 5.92 Å². The molecule has 4 N–H and O–H groups in total. The van der Waals surface area contributed by atoms with Gasteiger partial charge < -0.3 is 39.1 Å². The monoisotopic (exact) mass is 554 g/mol. The standard InChI is InChI=1S/C31H22O10/c1-38-27-14-26-29(22(36)13-24(41-26)15-2-6-17(32)7-3-15)30(37)31(27)39-19-8-4-16(5-9-19)23-12-21(35)28-20(34)10-18(33)11-25(28)40-23/h2-14,26,29,32-34,37H,1H3. The van der Waals surface area contributed by atoms with Gasteiger partial charge in [0, 0.05) is 41.5 Å². The number of fused-ring (bicyclic) bond motifs is 2. The average Bonchev–Trinajstić information content (AvgIpc) is 2.94. The van der Waals surface area contributed by atoms with Gasteiger partial charge in [-0.25, -0.2) is 0 Å². The third-order valence-electron chi connectivity index (χ3n) is 6.76. The molecule has 0 amide bonds. The van der Waals surface area contributed by atoms with Crippen LogP contribution in [0.5, 0.6) is 23.0 Å². The molecule has 4 aromatic rings. The fourth-order valence-electron chi connectivity index (χ4n) is 4.78. The summed E-state index contributed by atoms with van der Waals surface area (Å²) >= 11 is 0. The van der Waals surface area contributed by atoms with E-state index in [0.29, 0.717) is 22.6 Å². The van der Waals surface area contributed by atoms with Gasteiger partial charge in [-0.15, -0.1) is 0 Å². The first kappa shape index (κ1) is 25.6. The lowest BCUT2D eigenvalue weighted by atomic mass is 9.87. The van der Waals surface area contributed by atoms with Crippen molar-refractivity contribution in [2.45, 2.75) is 6.10 Å². The predicted octanol–water partition coefficient (Wildman–Crippen LogP) is 4.89. The van der Waals surface area contributed by atoms with Crippen molar-refractivity contribution in [3.63, 3.8) is 0 Å². The van der Waals surface area contributed by atoms with Gasteiger partial charge in [-0.2, -0.15) is 0 Å². The van der Waals surface area contributed by atoms with Gasteiger partial charge in [0.2, 0.25) is 5.76 Å². The number of benzene rings is 3. The molecule has 0 bridgehead atoms. The number of aliphatic hydroxyl groups is 1. The van der Waals surface area contributed by atoms with Gasteiger partial charge in [0.1, 0.15) is 57.5 Å². The highest BCUT2D eigenvalue weighted by molar-refractivity contribution is 6.01. The van der Waals surface area contributed by atoms with E-state index >= 15 is 0 Å². The molecule has 2 aliphatic rings. The molecule has 0 radical (unpaired) electrons. The van der Waals surface area contributed by atoms with Gasteiger partial charge >= 0.3 is 0 Å². The summed E-state index contributed by atoms with van der Waals surface area (Å²) in [6.45, 7) is 0. The summed E-state index contributed by atoms with van der Waals surface area (Å²) < 4.78 is 23.1. The van der Waals surface area contributed by atoms with Crippen LogP contribution in [0.15, 0.2) is 105 Å². The molecule has 0 spiro atoms. The van der Waals surface area contributed by atoms with Gasteiger partial charge in [-0.05, 0) is 48.5 Å². The van der Waals surface area contributed by atoms with E-state index in [4.69, 9.17) is 18.6 Å². The SMILES string of the molecule is COC1=CC2OC(c3ccc(O)cc3)=CC(=O)C2C(O)=C1Oc1ccc(-c2cc(=O)c3c(O)cc(O)cc3o2)cc1. The number of phenolic OH excluding ortho intramolecular Hbond substituents is 3. The molecular weight excluding hydrogens is 532 g/mol. The summed E-state index contributed by atoms with van der Waals surface area (Å²) in [5, 5.41) is 40.3. The Morgan fingerprint density at radius 1 is 0.829 bits per heavy atom. The smallest absolute Gasteiger partial charge is 0.207 e. The molecule has 1 aromatic heterocycles. The highest BCUT2D eigenvalue weighted by Gasteiger charge is 2.42. The van der Waals surface area contributed by atoms with Crippen LogP contribution in [0, 0.1) is 5.92 Å².